The van der Waals surface area contributed by atoms with Crippen LogP contribution in [0.2, 0.25) is 0 Å². The highest BCUT2D eigenvalue weighted by molar-refractivity contribution is 5.86. The first-order valence-corrected chi connectivity index (χ1v) is 8.96. The molecular formula is C20H16F3N3O3. The van der Waals surface area contributed by atoms with E-state index in [4.69, 9.17) is 4.74 Å². The van der Waals surface area contributed by atoms with E-state index in [1.165, 1.54) is 12.1 Å². The summed E-state index contributed by atoms with van der Waals surface area (Å²) in [5.74, 6) is -3.21. The van der Waals surface area contributed by atoms with Gasteiger partial charge in [0.05, 0.1) is 23.9 Å². The van der Waals surface area contributed by atoms with Crippen LogP contribution in [0.4, 0.5) is 13.2 Å². The molecule has 1 aromatic heterocycles. The molecule has 1 unspecified atom stereocenters. The van der Waals surface area contributed by atoms with Crippen LogP contribution in [-0.2, 0) is 16.0 Å². The second-order valence-electron chi connectivity index (χ2n) is 6.79. The minimum atomic E-state index is -1.06. The molecule has 0 aliphatic carbocycles. The van der Waals surface area contributed by atoms with Crippen molar-refractivity contribution in [1.82, 2.24) is 9.66 Å². The number of halogens is 3. The highest BCUT2D eigenvalue weighted by Crippen LogP contribution is 2.24. The molecule has 1 saturated heterocycles. The van der Waals surface area contributed by atoms with E-state index in [1.54, 1.807) is 0 Å². The largest absolute Gasteiger partial charge is 0.381 e. The van der Waals surface area contributed by atoms with Crippen LogP contribution < -0.4 is 11.0 Å². The zero-order valence-corrected chi connectivity index (χ0v) is 15.1. The Bertz CT molecular complexity index is 1160. The number of aromatic nitrogens is 2. The number of nitrogens with one attached hydrogen (secondary N) is 1. The van der Waals surface area contributed by atoms with Crippen molar-refractivity contribution in [3.63, 3.8) is 0 Å². The summed E-state index contributed by atoms with van der Waals surface area (Å²) in [7, 11) is 0. The third-order valence-corrected chi connectivity index (χ3v) is 4.74. The minimum absolute atomic E-state index is 0.141. The van der Waals surface area contributed by atoms with Gasteiger partial charge in [-0.15, -0.1) is 0 Å². The quantitative estimate of drug-likeness (QED) is 0.727. The summed E-state index contributed by atoms with van der Waals surface area (Å²) in [5.41, 5.74) is 2.35. The average molecular weight is 403 g/mol. The number of nitrogens with zero attached hydrogens (tertiary/aromatic N) is 2. The molecule has 1 aliphatic rings. The zero-order chi connectivity index (χ0) is 20.5. The van der Waals surface area contributed by atoms with Crippen molar-refractivity contribution < 1.29 is 22.7 Å². The molecule has 2 aromatic carbocycles. The fraction of sp³-hybridized carbons (Fsp3) is 0.250. The summed E-state index contributed by atoms with van der Waals surface area (Å²) in [6, 6.07) is 6.73. The Morgan fingerprint density at radius 1 is 1.17 bits per heavy atom. The van der Waals surface area contributed by atoms with E-state index in [-0.39, 0.29) is 34.6 Å². The van der Waals surface area contributed by atoms with Crippen LogP contribution in [0, 0.1) is 17.5 Å². The van der Waals surface area contributed by atoms with E-state index in [9.17, 15) is 22.8 Å². The molecule has 0 spiro atoms. The Balaban J connectivity index is 1.71. The van der Waals surface area contributed by atoms with Crippen molar-refractivity contribution in [3.8, 4) is 0 Å². The SMILES string of the molecule is O=C(Cc1ccc(F)c(F)c1)Nn1c(C2CCOC2)nc2cc(F)ccc2c1=O. The van der Waals surface area contributed by atoms with Crippen molar-refractivity contribution in [3.05, 3.63) is 75.6 Å². The number of hydrogen-bond donors (Lipinski definition) is 1. The second kappa shape index (κ2) is 7.67. The number of benzene rings is 2. The van der Waals surface area contributed by atoms with Crippen molar-refractivity contribution in [2.75, 3.05) is 18.6 Å². The molecule has 9 heteroatoms. The molecule has 1 N–H and O–H groups in total. The molecule has 29 heavy (non-hydrogen) atoms. The average Bonchev–Trinajstić information content (AvgIpc) is 3.21. The number of carbonyl (C=O) groups is 1. The monoisotopic (exact) mass is 403 g/mol. The summed E-state index contributed by atoms with van der Waals surface area (Å²) in [6.07, 6.45) is 0.317. The van der Waals surface area contributed by atoms with Gasteiger partial charge in [-0.3, -0.25) is 15.0 Å². The molecule has 0 radical (unpaired) electrons. The van der Waals surface area contributed by atoms with E-state index in [1.807, 2.05) is 0 Å². The lowest BCUT2D eigenvalue weighted by Crippen LogP contribution is -2.38. The Morgan fingerprint density at radius 3 is 2.72 bits per heavy atom. The van der Waals surface area contributed by atoms with Crippen LogP contribution in [0.5, 0.6) is 0 Å². The molecule has 2 heterocycles. The first-order chi connectivity index (χ1) is 13.9. The standard InChI is InChI=1S/C20H16F3N3O3/c21-13-2-3-14-17(9-13)24-19(12-5-6-29-10-12)26(20(14)28)25-18(27)8-11-1-4-15(22)16(23)7-11/h1-4,7,9,12H,5-6,8,10H2,(H,25,27). The summed E-state index contributed by atoms with van der Waals surface area (Å²) < 4.78 is 46.4. The summed E-state index contributed by atoms with van der Waals surface area (Å²) >= 11 is 0. The first kappa shape index (κ1) is 19.1. The molecule has 6 nitrogen and oxygen atoms in total. The maximum Gasteiger partial charge on any atom is 0.280 e. The van der Waals surface area contributed by atoms with Gasteiger partial charge in [0.2, 0.25) is 5.91 Å². The van der Waals surface area contributed by atoms with Gasteiger partial charge in [-0.25, -0.2) is 22.8 Å². The van der Waals surface area contributed by atoms with Crippen LogP contribution in [0.3, 0.4) is 0 Å². The van der Waals surface area contributed by atoms with Gasteiger partial charge in [0.1, 0.15) is 11.6 Å². The molecule has 1 amide bonds. The van der Waals surface area contributed by atoms with Crippen molar-refractivity contribution in [2.45, 2.75) is 18.8 Å². The molecule has 1 aliphatic heterocycles. The number of carbonyl (C=O) groups excluding carboxylic acids is 1. The molecule has 3 aromatic rings. The Labute approximate surface area is 162 Å². The number of amides is 1. The van der Waals surface area contributed by atoms with Gasteiger partial charge in [-0.2, -0.15) is 0 Å². The van der Waals surface area contributed by atoms with Crippen LogP contribution in [0.25, 0.3) is 10.9 Å². The van der Waals surface area contributed by atoms with Crippen molar-refractivity contribution in [2.24, 2.45) is 0 Å². The third-order valence-electron chi connectivity index (χ3n) is 4.74. The Hall–Kier alpha value is -3.20. The van der Waals surface area contributed by atoms with Gasteiger partial charge in [-0.05, 0) is 36.2 Å². The lowest BCUT2D eigenvalue weighted by molar-refractivity contribution is -0.116. The molecule has 0 bridgehead atoms. The van der Waals surface area contributed by atoms with Gasteiger partial charge < -0.3 is 4.74 Å². The predicted octanol–water partition coefficient (Wildman–Crippen LogP) is 2.63. The normalized spacial score (nSPS) is 16.3. The molecule has 0 saturated carbocycles. The van der Waals surface area contributed by atoms with Gasteiger partial charge >= 0.3 is 0 Å². The maximum atomic E-state index is 13.6. The molecule has 1 fully saturated rings. The van der Waals surface area contributed by atoms with E-state index in [0.29, 0.717) is 19.6 Å². The molecule has 150 valence electrons. The fourth-order valence-corrected chi connectivity index (χ4v) is 3.30. The number of rotatable bonds is 4. The summed E-state index contributed by atoms with van der Waals surface area (Å²) in [4.78, 5) is 29.8. The molecule has 4 rings (SSSR count). The first-order valence-electron chi connectivity index (χ1n) is 8.96. The van der Waals surface area contributed by atoms with E-state index in [2.05, 4.69) is 10.4 Å². The lowest BCUT2D eigenvalue weighted by Gasteiger charge is -2.17. The topological polar surface area (TPSA) is 73.2 Å². The van der Waals surface area contributed by atoms with Crippen LogP contribution in [0.1, 0.15) is 23.7 Å². The van der Waals surface area contributed by atoms with Crippen LogP contribution in [0.15, 0.2) is 41.2 Å². The van der Waals surface area contributed by atoms with E-state index >= 15 is 0 Å². The summed E-state index contributed by atoms with van der Waals surface area (Å²) in [5, 5.41) is 0.141. The van der Waals surface area contributed by atoms with Gasteiger partial charge in [0.25, 0.3) is 5.56 Å². The molecular weight excluding hydrogens is 387 g/mol. The van der Waals surface area contributed by atoms with Crippen molar-refractivity contribution in [1.29, 1.82) is 0 Å². The highest BCUT2D eigenvalue weighted by Gasteiger charge is 2.25. The maximum absolute atomic E-state index is 13.6. The van der Waals surface area contributed by atoms with Gasteiger partial charge in [0, 0.05) is 18.6 Å². The zero-order valence-electron chi connectivity index (χ0n) is 15.1. The summed E-state index contributed by atoms with van der Waals surface area (Å²) in [6.45, 7) is 0.789. The second-order valence-corrected chi connectivity index (χ2v) is 6.79. The fourth-order valence-electron chi connectivity index (χ4n) is 3.30. The van der Waals surface area contributed by atoms with Crippen molar-refractivity contribution >= 4 is 16.8 Å². The predicted molar refractivity (Wildman–Crippen MR) is 98.6 cm³/mol. The highest BCUT2D eigenvalue weighted by atomic mass is 19.2. The Morgan fingerprint density at radius 2 is 2.00 bits per heavy atom. The third kappa shape index (κ3) is 3.86. The van der Waals surface area contributed by atoms with Crippen LogP contribution >= 0.6 is 0 Å². The van der Waals surface area contributed by atoms with Gasteiger partial charge in [-0.1, -0.05) is 6.07 Å². The number of hydrogen-bond acceptors (Lipinski definition) is 4. The number of fused-ring (bicyclic) bond motifs is 1. The number of ether oxygens (including phenoxy) is 1. The minimum Gasteiger partial charge on any atom is -0.381 e. The lowest BCUT2D eigenvalue weighted by atomic mass is 10.1. The molecule has 1 atom stereocenters. The Kier molecular flexibility index (Phi) is 5.06. The van der Waals surface area contributed by atoms with E-state index < -0.39 is 28.9 Å². The smallest absolute Gasteiger partial charge is 0.280 e. The van der Waals surface area contributed by atoms with Crippen LogP contribution in [-0.4, -0.2) is 28.8 Å². The van der Waals surface area contributed by atoms with E-state index in [0.717, 1.165) is 28.9 Å². The van der Waals surface area contributed by atoms with Gasteiger partial charge in [0.15, 0.2) is 11.6 Å².